The van der Waals surface area contributed by atoms with Crippen molar-refractivity contribution in [3.8, 4) is 0 Å². The Morgan fingerprint density at radius 1 is 1.33 bits per heavy atom. The van der Waals surface area contributed by atoms with Gasteiger partial charge in [-0.1, -0.05) is 6.42 Å². The van der Waals surface area contributed by atoms with Gasteiger partial charge in [0.25, 0.3) is 0 Å². The highest BCUT2D eigenvalue weighted by atomic mass is 79.9. The molecule has 1 aromatic heterocycles. The lowest BCUT2D eigenvalue weighted by Crippen LogP contribution is -2.43. The van der Waals surface area contributed by atoms with Gasteiger partial charge in [-0.2, -0.15) is 0 Å². The third-order valence-corrected chi connectivity index (χ3v) is 5.62. The Kier molecular flexibility index (Phi) is 5.67. The number of hydrogen-bond acceptors (Lipinski definition) is 3. The topological polar surface area (TPSA) is 15.3 Å². The minimum Gasteiger partial charge on any atom is -0.308 e. The summed E-state index contributed by atoms with van der Waals surface area (Å²) in [5, 5.41) is 5.81. The van der Waals surface area contributed by atoms with Crippen molar-refractivity contribution in [3.63, 3.8) is 0 Å². The molecule has 4 heteroatoms. The Morgan fingerprint density at radius 3 is 2.67 bits per heavy atom. The molecule has 0 spiro atoms. The molecule has 1 saturated heterocycles. The maximum atomic E-state index is 3.66. The fraction of sp³-hybridized carbons (Fsp3) is 0.714. The molecule has 0 amide bonds. The van der Waals surface area contributed by atoms with Gasteiger partial charge in [0.15, 0.2) is 0 Å². The van der Waals surface area contributed by atoms with Crippen LogP contribution in [0.5, 0.6) is 0 Å². The van der Waals surface area contributed by atoms with Gasteiger partial charge in [0.05, 0.1) is 0 Å². The van der Waals surface area contributed by atoms with E-state index in [0.29, 0.717) is 12.1 Å². The molecule has 18 heavy (non-hydrogen) atoms. The summed E-state index contributed by atoms with van der Waals surface area (Å²) in [5.41, 5.74) is 0. The summed E-state index contributed by atoms with van der Waals surface area (Å²) >= 11 is 5.34. The highest BCUT2D eigenvalue weighted by Gasteiger charge is 2.17. The molecule has 0 saturated carbocycles. The van der Waals surface area contributed by atoms with Crippen molar-refractivity contribution in [2.75, 3.05) is 19.6 Å². The molecule has 0 radical (unpaired) electrons. The quantitative estimate of drug-likeness (QED) is 0.876. The first-order chi connectivity index (χ1) is 8.66. The minimum atomic E-state index is 0.452. The van der Waals surface area contributed by atoms with Crippen LogP contribution in [0, 0.1) is 0 Å². The lowest BCUT2D eigenvalue weighted by Gasteiger charge is -2.33. The zero-order valence-electron chi connectivity index (χ0n) is 11.3. The van der Waals surface area contributed by atoms with Gasteiger partial charge < -0.3 is 5.32 Å². The zero-order valence-corrected chi connectivity index (χ0v) is 13.7. The molecular weight excluding hydrogens is 308 g/mol. The number of nitrogens with zero attached hydrogens (tertiary/aromatic N) is 1. The van der Waals surface area contributed by atoms with Crippen molar-refractivity contribution in [2.24, 2.45) is 0 Å². The number of halogens is 1. The van der Waals surface area contributed by atoms with Crippen LogP contribution in [0.15, 0.2) is 15.9 Å². The van der Waals surface area contributed by atoms with Crippen LogP contribution in [0.3, 0.4) is 0 Å². The minimum absolute atomic E-state index is 0.452. The molecule has 2 nitrogen and oxygen atoms in total. The van der Waals surface area contributed by atoms with E-state index in [4.69, 9.17) is 0 Å². The molecule has 1 fully saturated rings. The van der Waals surface area contributed by atoms with Crippen LogP contribution in [0.4, 0.5) is 0 Å². The van der Waals surface area contributed by atoms with Crippen LogP contribution in [0.1, 0.15) is 44.0 Å². The predicted molar refractivity (Wildman–Crippen MR) is 83.3 cm³/mol. The monoisotopic (exact) mass is 330 g/mol. The maximum Gasteiger partial charge on any atom is 0.0387 e. The molecule has 0 aliphatic carbocycles. The number of thiophene rings is 1. The molecule has 1 aliphatic heterocycles. The van der Waals surface area contributed by atoms with Crippen molar-refractivity contribution < 1.29 is 0 Å². The van der Waals surface area contributed by atoms with Crippen LogP contribution in [-0.4, -0.2) is 30.6 Å². The number of nitrogens with one attached hydrogen (secondary N) is 1. The number of piperidine rings is 1. The Balaban J connectivity index is 1.76. The second-order valence-electron chi connectivity index (χ2n) is 5.24. The normalized spacial score (nSPS) is 20.8. The van der Waals surface area contributed by atoms with Gasteiger partial charge in [0.1, 0.15) is 0 Å². The molecule has 1 N–H and O–H groups in total. The first kappa shape index (κ1) is 14.5. The Labute approximate surface area is 123 Å². The number of likely N-dealkylation sites (tertiary alicyclic amines) is 1. The predicted octanol–water partition coefficient (Wildman–Crippen LogP) is 4.04. The standard InChI is InChI=1S/C14H23BrN2S/c1-11(17-6-4-3-5-7-17)9-16-12(2)14-8-13(15)10-18-14/h8,10-12,16H,3-7,9H2,1-2H3. The van der Waals surface area contributed by atoms with E-state index in [1.54, 1.807) is 0 Å². The summed E-state index contributed by atoms with van der Waals surface area (Å²) in [6.45, 7) is 8.23. The third-order valence-electron chi connectivity index (χ3n) is 3.75. The summed E-state index contributed by atoms with van der Waals surface area (Å²) in [7, 11) is 0. The average Bonchev–Trinajstić information content (AvgIpc) is 2.83. The number of rotatable bonds is 5. The van der Waals surface area contributed by atoms with Gasteiger partial charge in [-0.05, 0) is 61.8 Å². The van der Waals surface area contributed by atoms with Gasteiger partial charge in [0.2, 0.25) is 0 Å². The Bertz CT molecular complexity index is 360. The van der Waals surface area contributed by atoms with Gasteiger partial charge in [-0.3, -0.25) is 4.90 Å². The Morgan fingerprint density at radius 2 is 2.06 bits per heavy atom. The zero-order chi connectivity index (χ0) is 13.0. The van der Waals surface area contributed by atoms with Crippen LogP contribution >= 0.6 is 27.3 Å². The van der Waals surface area contributed by atoms with Crippen molar-refractivity contribution in [2.45, 2.75) is 45.2 Å². The van der Waals surface area contributed by atoms with Crippen molar-refractivity contribution in [1.29, 1.82) is 0 Å². The lowest BCUT2D eigenvalue weighted by molar-refractivity contribution is 0.168. The van der Waals surface area contributed by atoms with E-state index < -0.39 is 0 Å². The molecule has 2 rings (SSSR count). The molecule has 1 aromatic rings. The molecule has 1 aliphatic rings. The first-order valence-electron chi connectivity index (χ1n) is 6.88. The molecule has 0 bridgehead atoms. The first-order valence-corrected chi connectivity index (χ1v) is 8.55. The van der Waals surface area contributed by atoms with Gasteiger partial charge in [-0.25, -0.2) is 0 Å². The molecular formula is C14H23BrN2S. The van der Waals surface area contributed by atoms with E-state index in [1.807, 2.05) is 11.3 Å². The molecule has 0 aromatic carbocycles. The highest BCUT2D eigenvalue weighted by molar-refractivity contribution is 9.10. The van der Waals surface area contributed by atoms with Gasteiger partial charge in [-0.15, -0.1) is 11.3 Å². The largest absolute Gasteiger partial charge is 0.308 e. The summed E-state index contributed by atoms with van der Waals surface area (Å²) in [6.07, 6.45) is 4.16. The van der Waals surface area contributed by atoms with E-state index >= 15 is 0 Å². The molecule has 2 heterocycles. The molecule has 2 atom stereocenters. The number of hydrogen-bond donors (Lipinski definition) is 1. The van der Waals surface area contributed by atoms with Crippen molar-refractivity contribution in [1.82, 2.24) is 10.2 Å². The maximum absolute atomic E-state index is 3.66. The van der Waals surface area contributed by atoms with Crippen LogP contribution in [-0.2, 0) is 0 Å². The van der Waals surface area contributed by atoms with Crippen molar-refractivity contribution in [3.05, 3.63) is 20.8 Å². The highest BCUT2D eigenvalue weighted by Crippen LogP contribution is 2.25. The molecule has 102 valence electrons. The van der Waals surface area contributed by atoms with E-state index in [1.165, 1.54) is 41.7 Å². The fourth-order valence-corrected chi connectivity index (χ4v) is 3.97. The summed E-state index contributed by atoms with van der Waals surface area (Å²) < 4.78 is 1.19. The van der Waals surface area contributed by atoms with Crippen LogP contribution in [0.25, 0.3) is 0 Å². The van der Waals surface area contributed by atoms with Crippen molar-refractivity contribution >= 4 is 27.3 Å². The van der Waals surface area contributed by atoms with E-state index in [2.05, 4.69) is 51.4 Å². The lowest BCUT2D eigenvalue weighted by atomic mass is 10.1. The summed E-state index contributed by atoms with van der Waals surface area (Å²) in [4.78, 5) is 4.03. The second kappa shape index (κ2) is 7.04. The van der Waals surface area contributed by atoms with Gasteiger partial charge in [0, 0.05) is 33.4 Å². The summed E-state index contributed by atoms with van der Waals surface area (Å²) in [6, 6.07) is 3.32. The van der Waals surface area contributed by atoms with E-state index in [-0.39, 0.29) is 0 Å². The second-order valence-corrected chi connectivity index (χ2v) is 7.10. The smallest absolute Gasteiger partial charge is 0.0387 e. The van der Waals surface area contributed by atoms with Crippen LogP contribution < -0.4 is 5.32 Å². The summed E-state index contributed by atoms with van der Waals surface area (Å²) in [5.74, 6) is 0. The Hall–Kier alpha value is 0.1000. The SMILES string of the molecule is CC(NCC(C)N1CCCCC1)c1cc(Br)cs1. The van der Waals surface area contributed by atoms with E-state index in [9.17, 15) is 0 Å². The average molecular weight is 331 g/mol. The van der Waals surface area contributed by atoms with Crippen LogP contribution in [0.2, 0.25) is 0 Å². The third kappa shape index (κ3) is 4.05. The van der Waals surface area contributed by atoms with Gasteiger partial charge >= 0.3 is 0 Å². The fourth-order valence-electron chi connectivity index (χ4n) is 2.49. The molecule has 2 unspecified atom stereocenters. The van der Waals surface area contributed by atoms with E-state index in [0.717, 1.165) is 6.54 Å².